The minimum Gasteiger partial charge on any atom is -0.494 e. The fraction of sp³-hybridized carbons (Fsp3) is 0.400. The Morgan fingerprint density at radius 2 is 1.86 bits per heavy atom. The number of sulfonamides is 1. The van der Waals surface area contributed by atoms with Crippen LogP contribution in [-0.2, 0) is 15.6 Å². The molecule has 0 saturated carbocycles. The molecular weight excluding hydrogens is 378 g/mol. The van der Waals surface area contributed by atoms with Gasteiger partial charge < -0.3 is 9.64 Å². The molecule has 1 fully saturated rings. The lowest BCUT2D eigenvalue weighted by Crippen LogP contribution is -2.58. The van der Waals surface area contributed by atoms with Crippen LogP contribution in [0.25, 0.3) is 0 Å². The number of hydrogen-bond donors (Lipinski definition) is 0. The van der Waals surface area contributed by atoms with Crippen molar-refractivity contribution in [1.82, 2.24) is 14.2 Å². The summed E-state index contributed by atoms with van der Waals surface area (Å²) in [5.74, 6) is 0.552. The third-order valence-electron chi connectivity index (χ3n) is 5.45. The zero-order chi connectivity index (χ0) is 20.1. The van der Waals surface area contributed by atoms with Crippen molar-refractivity contribution in [1.29, 1.82) is 0 Å². The first-order chi connectivity index (χ1) is 13.3. The molecule has 0 N–H and O–H groups in total. The summed E-state index contributed by atoms with van der Waals surface area (Å²) in [6, 6.07) is 10.0. The monoisotopic (exact) mass is 401 g/mol. The molecule has 2 aromatic rings. The molecule has 0 radical (unpaired) electrons. The van der Waals surface area contributed by atoms with Crippen molar-refractivity contribution < 1.29 is 17.9 Å². The number of hydrogen-bond acceptors (Lipinski definition) is 5. The normalized spacial score (nSPS) is 22.1. The predicted octanol–water partition coefficient (Wildman–Crippen LogP) is 2.16. The van der Waals surface area contributed by atoms with Crippen molar-refractivity contribution in [3.63, 3.8) is 0 Å². The maximum Gasteiger partial charge on any atom is 0.256 e. The first kappa shape index (κ1) is 18.9. The van der Waals surface area contributed by atoms with Gasteiger partial charge in [-0.25, -0.2) is 8.42 Å². The Morgan fingerprint density at radius 1 is 1.14 bits per heavy atom. The SMILES string of the molecule is CCOc1ccc(S(=O)(=O)N2CCN3C(=O)c4ccc(C)nc4C3(C)C2)cc1. The number of fused-ring (bicyclic) bond motifs is 3. The molecule has 1 unspecified atom stereocenters. The number of aromatic nitrogens is 1. The molecular formula is C20H23N3O4S. The van der Waals surface area contributed by atoms with Crippen molar-refractivity contribution in [3.8, 4) is 5.75 Å². The number of carbonyl (C=O) groups is 1. The molecule has 148 valence electrons. The summed E-state index contributed by atoms with van der Waals surface area (Å²) in [5, 5.41) is 0. The highest BCUT2D eigenvalue weighted by molar-refractivity contribution is 7.89. The lowest BCUT2D eigenvalue weighted by atomic mass is 9.95. The number of rotatable bonds is 4. The van der Waals surface area contributed by atoms with Gasteiger partial charge in [0.2, 0.25) is 10.0 Å². The van der Waals surface area contributed by atoms with Gasteiger partial charge in [-0.05, 0) is 57.2 Å². The largest absolute Gasteiger partial charge is 0.494 e. The third-order valence-corrected chi connectivity index (χ3v) is 7.31. The van der Waals surface area contributed by atoms with Crippen LogP contribution in [-0.4, -0.2) is 54.8 Å². The van der Waals surface area contributed by atoms with E-state index in [2.05, 4.69) is 4.98 Å². The molecule has 4 rings (SSSR count). The molecule has 1 saturated heterocycles. The highest BCUT2D eigenvalue weighted by atomic mass is 32.2. The number of aryl methyl sites for hydroxylation is 1. The molecule has 3 heterocycles. The summed E-state index contributed by atoms with van der Waals surface area (Å²) in [4.78, 5) is 19.3. The Bertz CT molecular complexity index is 1040. The Kier molecular flexibility index (Phi) is 4.43. The van der Waals surface area contributed by atoms with E-state index in [4.69, 9.17) is 4.74 Å². The molecule has 2 aliphatic heterocycles. The van der Waals surface area contributed by atoms with E-state index in [0.717, 1.165) is 5.69 Å². The second kappa shape index (κ2) is 6.56. The van der Waals surface area contributed by atoms with Gasteiger partial charge in [-0.3, -0.25) is 9.78 Å². The molecule has 28 heavy (non-hydrogen) atoms. The molecule has 1 atom stereocenters. The van der Waals surface area contributed by atoms with E-state index in [9.17, 15) is 13.2 Å². The fourth-order valence-corrected chi connectivity index (χ4v) is 5.53. The molecule has 2 aliphatic rings. The molecule has 1 aromatic carbocycles. The molecule has 0 bridgehead atoms. The van der Waals surface area contributed by atoms with Crippen LogP contribution in [0, 0.1) is 6.92 Å². The molecule has 7 nitrogen and oxygen atoms in total. The third kappa shape index (κ3) is 2.79. The highest BCUT2D eigenvalue weighted by Crippen LogP contribution is 2.41. The van der Waals surface area contributed by atoms with Gasteiger partial charge >= 0.3 is 0 Å². The van der Waals surface area contributed by atoms with Crippen LogP contribution in [0.4, 0.5) is 0 Å². The van der Waals surface area contributed by atoms with Crippen molar-refractivity contribution in [2.45, 2.75) is 31.2 Å². The summed E-state index contributed by atoms with van der Waals surface area (Å²) in [6.45, 7) is 6.92. The summed E-state index contributed by atoms with van der Waals surface area (Å²) in [6.07, 6.45) is 0. The Morgan fingerprint density at radius 3 is 2.54 bits per heavy atom. The quantitative estimate of drug-likeness (QED) is 0.784. The number of carbonyl (C=O) groups excluding carboxylic acids is 1. The molecule has 8 heteroatoms. The first-order valence-electron chi connectivity index (χ1n) is 9.30. The van der Waals surface area contributed by atoms with Crippen LogP contribution in [0.2, 0.25) is 0 Å². The number of benzene rings is 1. The standard InChI is InChI=1S/C20H23N3O4S/c1-4-27-15-6-8-16(9-7-15)28(25,26)22-11-12-23-19(24)17-10-5-14(2)21-18(17)20(23,3)13-22/h5-10H,4,11-13H2,1-3H3. The van der Waals surface area contributed by atoms with E-state index < -0.39 is 15.6 Å². The number of nitrogens with zero attached hydrogens (tertiary/aromatic N) is 3. The number of ether oxygens (including phenoxy) is 1. The smallest absolute Gasteiger partial charge is 0.256 e. The lowest BCUT2D eigenvalue weighted by Gasteiger charge is -2.44. The molecule has 1 amide bonds. The second-order valence-electron chi connectivity index (χ2n) is 7.32. The summed E-state index contributed by atoms with van der Waals surface area (Å²) < 4.78 is 33.3. The van der Waals surface area contributed by atoms with Gasteiger partial charge in [-0.1, -0.05) is 0 Å². The van der Waals surface area contributed by atoms with Gasteiger partial charge in [0.05, 0.1) is 28.3 Å². The Balaban J connectivity index is 1.67. The number of amides is 1. The van der Waals surface area contributed by atoms with Crippen molar-refractivity contribution in [2.24, 2.45) is 0 Å². The van der Waals surface area contributed by atoms with Crippen LogP contribution in [0.1, 0.15) is 35.6 Å². The van der Waals surface area contributed by atoms with Gasteiger partial charge in [-0.2, -0.15) is 4.31 Å². The summed E-state index contributed by atoms with van der Waals surface area (Å²) >= 11 is 0. The number of pyridine rings is 1. The molecule has 0 spiro atoms. The topological polar surface area (TPSA) is 79.8 Å². The second-order valence-corrected chi connectivity index (χ2v) is 9.26. The van der Waals surface area contributed by atoms with Crippen LogP contribution in [0.5, 0.6) is 5.75 Å². The fourth-order valence-electron chi connectivity index (χ4n) is 4.01. The van der Waals surface area contributed by atoms with E-state index >= 15 is 0 Å². The van der Waals surface area contributed by atoms with E-state index in [1.54, 1.807) is 35.2 Å². The average Bonchev–Trinajstić information content (AvgIpc) is 2.89. The van der Waals surface area contributed by atoms with Crippen molar-refractivity contribution in [2.75, 3.05) is 26.2 Å². The van der Waals surface area contributed by atoms with Crippen LogP contribution < -0.4 is 4.74 Å². The van der Waals surface area contributed by atoms with Crippen molar-refractivity contribution in [3.05, 3.63) is 53.3 Å². The van der Waals surface area contributed by atoms with Gasteiger partial charge in [0.25, 0.3) is 5.91 Å². The van der Waals surface area contributed by atoms with E-state index in [0.29, 0.717) is 30.2 Å². The predicted molar refractivity (Wildman–Crippen MR) is 104 cm³/mol. The van der Waals surface area contributed by atoms with Crippen molar-refractivity contribution >= 4 is 15.9 Å². The first-order valence-corrected chi connectivity index (χ1v) is 10.7. The average molecular weight is 401 g/mol. The van der Waals surface area contributed by atoms with Crippen LogP contribution in [0.15, 0.2) is 41.3 Å². The van der Waals surface area contributed by atoms with Gasteiger partial charge in [-0.15, -0.1) is 0 Å². The highest BCUT2D eigenvalue weighted by Gasteiger charge is 2.52. The zero-order valence-electron chi connectivity index (χ0n) is 16.2. The summed E-state index contributed by atoms with van der Waals surface area (Å²) in [7, 11) is -3.69. The van der Waals surface area contributed by atoms with E-state index in [1.165, 1.54) is 4.31 Å². The molecule has 1 aromatic heterocycles. The van der Waals surface area contributed by atoms with Crippen LogP contribution >= 0.6 is 0 Å². The Hall–Kier alpha value is -2.45. The summed E-state index contributed by atoms with van der Waals surface area (Å²) in [5.41, 5.74) is 1.26. The Labute approximate surface area is 165 Å². The van der Waals surface area contributed by atoms with Gasteiger partial charge in [0.15, 0.2) is 0 Å². The minimum atomic E-state index is -3.69. The number of piperazine rings is 1. The van der Waals surface area contributed by atoms with Gasteiger partial charge in [0.1, 0.15) is 5.75 Å². The maximum absolute atomic E-state index is 13.2. The van der Waals surface area contributed by atoms with Crippen LogP contribution in [0.3, 0.4) is 0 Å². The van der Waals surface area contributed by atoms with Gasteiger partial charge in [0, 0.05) is 25.3 Å². The zero-order valence-corrected chi connectivity index (χ0v) is 17.0. The minimum absolute atomic E-state index is 0.0804. The van der Waals surface area contributed by atoms with E-state index in [-0.39, 0.29) is 23.9 Å². The molecule has 0 aliphatic carbocycles. The maximum atomic E-state index is 13.2. The van der Waals surface area contributed by atoms with E-state index in [1.807, 2.05) is 26.8 Å². The lowest BCUT2D eigenvalue weighted by molar-refractivity contribution is 0.0365.